The molecule has 2 aromatic heterocycles. The summed E-state index contributed by atoms with van der Waals surface area (Å²) < 4.78 is 9.00. The quantitative estimate of drug-likeness (QED) is 0.406. The van der Waals surface area contributed by atoms with Gasteiger partial charge in [-0.25, -0.2) is 9.48 Å². The predicted octanol–water partition coefficient (Wildman–Crippen LogP) is 4.30. The van der Waals surface area contributed by atoms with Crippen molar-refractivity contribution in [2.24, 2.45) is 0 Å². The topological polar surface area (TPSA) is 111 Å². The summed E-state index contributed by atoms with van der Waals surface area (Å²) in [5.74, 6) is -0.751. The molecule has 9 heteroatoms. The maximum atomic E-state index is 12.7. The Hall–Kier alpha value is -4.40. The molecule has 0 saturated heterocycles. The molecule has 1 atom stereocenters. The van der Waals surface area contributed by atoms with E-state index in [1.165, 1.54) is 23.9 Å². The number of aliphatic carboxylic acids is 1. The minimum absolute atomic E-state index is 0.118. The SMILES string of the molecule is Cc1nn(COc2ccccc2-c2ccccc2)c(C)c1NC(=O)c1ccn(C(C)C(=O)O)n1. The number of carbonyl (C=O) groups excluding carboxylic acids is 1. The van der Waals surface area contributed by atoms with Gasteiger partial charge in [0.05, 0.1) is 17.1 Å². The van der Waals surface area contributed by atoms with Gasteiger partial charge >= 0.3 is 5.97 Å². The smallest absolute Gasteiger partial charge is 0.328 e. The Kier molecular flexibility index (Phi) is 6.44. The second-order valence-electron chi connectivity index (χ2n) is 7.83. The Labute approximate surface area is 196 Å². The number of ether oxygens (including phenoxy) is 1. The zero-order valence-corrected chi connectivity index (χ0v) is 19.1. The van der Waals surface area contributed by atoms with Crippen molar-refractivity contribution >= 4 is 17.6 Å². The van der Waals surface area contributed by atoms with E-state index >= 15 is 0 Å². The first-order valence-electron chi connectivity index (χ1n) is 10.8. The Morgan fingerprint density at radius 2 is 1.74 bits per heavy atom. The Morgan fingerprint density at radius 3 is 2.47 bits per heavy atom. The van der Waals surface area contributed by atoms with Gasteiger partial charge in [0.2, 0.25) is 0 Å². The molecule has 174 valence electrons. The van der Waals surface area contributed by atoms with Gasteiger partial charge in [-0.15, -0.1) is 0 Å². The van der Waals surface area contributed by atoms with Crippen molar-refractivity contribution in [1.29, 1.82) is 0 Å². The van der Waals surface area contributed by atoms with Crippen LogP contribution in [-0.2, 0) is 11.5 Å². The van der Waals surface area contributed by atoms with Crippen LogP contribution < -0.4 is 10.1 Å². The van der Waals surface area contributed by atoms with E-state index < -0.39 is 17.9 Å². The molecule has 0 radical (unpaired) electrons. The van der Waals surface area contributed by atoms with Crippen LogP contribution in [0.5, 0.6) is 5.75 Å². The molecule has 9 nitrogen and oxygen atoms in total. The van der Waals surface area contributed by atoms with E-state index in [1.54, 1.807) is 11.6 Å². The Morgan fingerprint density at radius 1 is 1.03 bits per heavy atom. The Balaban J connectivity index is 1.49. The zero-order chi connectivity index (χ0) is 24.2. The summed E-state index contributed by atoms with van der Waals surface area (Å²) in [6, 6.07) is 18.4. The van der Waals surface area contributed by atoms with E-state index in [9.17, 15) is 9.59 Å². The van der Waals surface area contributed by atoms with Gasteiger partial charge in [-0.2, -0.15) is 10.2 Å². The van der Waals surface area contributed by atoms with E-state index in [0.717, 1.165) is 22.6 Å². The van der Waals surface area contributed by atoms with Crippen LogP contribution in [-0.4, -0.2) is 36.5 Å². The number of nitrogens with one attached hydrogen (secondary N) is 1. The van der Waals surface area contributed by atoms with Crippen molar-refractivity contribution in [3.8, 4) is 16.9 Å². The number of para-hydroxylation sites is 1. The molecular weight excluding hydrogens is 434 g/mol. The second kappa shape index (κ2) is 9.62. The van der Waals surface area contributed by atoms with Gasteiger partial charge in [0.1, 0.15) is 11.8 Å². The largest absolute Gasteiger partial charge is 0.480 e. The number of carboxylic acid groups (broad SMARTS) is 1. The highest BCUT2D eigenvalue weighted by atomic mass is 16.5. The van der Waals surface area contributed by atoms with Crippen LogP contribution in [0.4, 0.5) is 5.69 Å². The maximum Gasteiger partial charge on any atom is 0.328 e. The van der Waals surface area contributed by atoms with Gasteiger partial charge in [-0.1, -0.05) is 48.5 Å². The van der Waals surface area contributed by atoms with Gasteiger partial charge < -0.3 is 15.2 Å². The first-order valence-corrected chi connectivity index (χ1v) is 10.8. The van der Waals surface area contributed by atoms with Gasteiger partial charge in [-0.3, -0.25) is 9.48 Å². The number of carboxylic acids is 1. The van der Waals surface area contributed by atoms with Crippen molar-refractivity contribution in [2.45, 2.75) is 33.5 Å². The van der Waals surface area contributed by atoms with Gasteiger partial charge in [-0.05, 0) is 38.5 Å². The number of hydrogen-bond acceptors (Lipinski definition) is 5. The molecule has 0 aliphatic carbocycles. The third-order valence-corrected chi connectivity index (χ3v) is 5.53. The van der Waals surface area contributed by atoms with Crippen molar-refractivity contribution in [3.63, 3.8) is 0 Å². The van der Waals surface area contributed by atoms with E-state index in [-0.39, 0.29) is 12.4 Å². The third kappa shape index (κ3) is 4.68. The third-order valence-electron chi connectivity index (χ3n) is 5.53. The fraction of sp³-hybridized carbons (Fsp3) is 0.200. The molecule has 2 N–H and O–H groups in total. The standard InChI is InChI=1S/C25H25N5O4/c1-16-23(26-24(31)21-13-14-29(28-21)18(3)25(32)33)17(2)30(27-16)15-34-22-12-8-7-11-20(22)19-9-5-4-6-10-19/h4-14,18H,15H2,1-3H3,(H,26,31)(H,32,33). The monoisotopic (exact) mass is 459 g/mol. The molecule has 0 aliphatic rings. The fourth-order valence-electron chi connectivity index (χ4n) is 3.55. The molecule has 4 rings (SSSR count). The van der Waals surface area contributed by atoms with E-state index in [4.69, 9.17) is 9.84 Å². The molecule has 0 aliphatic heterocycles. The van der Waals surface area contributed by atoms with Crippen LogP contribution in [0.3, 0.4) is 0 Å². The minimum atomic E-state index is -1.03. The zero-order valence-electron chi connectivity index (χ0n) is 19.1. The van der Waals surface area contributed by atoms with Gasteiger partial charge in [0.15, 0.2) is 12.4 Å². The van der Waals surface area contributed by atoms with Crippen molar-refractivity contribution in [1.82, 2.24) is 19.6 Å². The van der Waals surface area contributed by atoms with E-state index in [2.05, 4.69) is 15.5 Å². The normalized spacial score (nSPS) is 11.7. The summed E-state index contributed by atoms with van der Waals surface area (Å²) in [5, 5.41) is 20.5. The number of anilines is 1. The molecule has 4 aromatic rings. The molecule has 34 heavy (non-hydrogen) atoms. The van der Waals surface area contributed by atoms with E-state index in [1.807, 2.05) is 61.5 Å². The van der Waals surface area contributed by atoms with Gasteiger partial charge in [0, 0.05) is 11.8 Å². The molecule has 2 heterocycles. The fourth-order valence-corrected chi connectivity index (χ4v) is 3.55. The second-order valence-corrected chi connectivity index (χ2v) is 7.83. The summed E-state index contributed by atoms with van der Waals surface area (Å²) in [4.78, 5) is 23.9. The molecule has 0 saturated carbocycles. The van der Waals surface area contributed by atoms with Crippen LogP contribution in [0, 0.1) is 13.8 Å². The van der Waals surface area contributed by atoms with Crippen LogP contribution in [0.15, 0.2) is 66.9 Å². The lowest BCUT2D eigenvalue weighted by molar-refractivity contribution is -0.140. The number of nitrogens with zero attached hydrogens (tertiary/aromatic N) is 4. The lowest BCUT2D eigenvalue weighted by Crippen LogP contribution is -2.18. The highest BCUT2D eigenvalue weighted by Gasteiger charge is 2.20. The molecule has 1 unspecified atom stereocenters. The van der Waals surface area contributed by atoms with Crippen molar-refractivity contribution in [2.75, 3.05) is 5.32 Å². The number of aryl methyl sites for hydroxylation is 1. The Bertz CT molecular complexity index is 1330. The summed E-state index contributed by atoms with van der Waals surface area (Å²) in [7, 11) is 0. The van der Waals surface area contributed by atoms with E-state index in [0.29, 0.717) is 11.4 Å². The molecular formula is C25H25N5O4. The summed E-state index contributed by atoms with van der Waals surface area (Å²) in [6.45, 7) is 5.29. The highest BCUT2D eigenvalue weighted by Crippen LogP contribution is 2.30. The number of carbonyl (C=O) groups is 2. The maximum absolute atomic E-state index is 12.7. The summed E-state index contributed by atoms with van der Waals surface area (Å²) in [6.07, 6.45) is 1.47. The van der Waals surface area contributed by atoms with Crippen molar-refractivity contribution in [3.05, 3.63) is 83.9 Å². The number of rotatable bonds is 8. The van der Waals surface area contributed by atoms with Crippen molar-refractivity contribution < 1.29 is 19.4 Å². The minimum Gasteiger partial charge on any atom is -0.480 e. The molecule has 0 fully saturated rings. The van der Waals surface area contributed by atoms with Gasteiger partial charge in [0.25, 0.3) is 5.91 Å². The summed E-state index contributed by atoms with van der Waals surface area (Å²) >= 11 is 0. The lowest BCUT2D eigenvalue weighted by atomic mass is 10.1. The average molecular weight is 460 g/mol. The molecule has 2 aromatic carbocycles. The lowest BCUT2D eigenvalue weighted by Gasteiger charge is -2.13. The predicted molar refractivity (Wildman–Crippen MR) is 127 cm³/mol. The number of aromatic nitrogens is 4. The highest BCUT2D eigenvalue weighted by molar-refractivity contribution is 6.03. The van der Waals surface area contributed by atoms with Crippen LogP contribution in [0.25, 0.3) is 11.1 Å². The number of amides is 1. The average Bonchev–Trinajstić information content (AvgIpc) is 3.44. The molecule has 0 bridgehead atoms. The first-order chi connectivity index (χ1) is 16.3. The van der Waals surface area contributed by atoms with Crippen LogP contribution >= 0.6 is 0 Å². The van der Waals surface area contributed by atoms with Crippen LogP contribution in [0.2, 0.25) is 0 Å². The first kappa shape index (κ1) is 22.8. The van der Waals surface area contributed by atoms with Crippen LogP contribution in [0.1, 0.15) is 34.8 Å². The number of hydrogen-bond donors (Lipinski definition) is 2. The summed E-state index contributed by atoms with van der Waals surface area (Å²) in [5.41, 5.74) is 4.06. The number of benzene rings is 2. The molecule has 0 spiro atoms. The molecule has 1 amide bonds.